The fourth-order valence-electron chi connectivity index (χ4n) is 2.40. The van der Waals surface area contributed by atoms with E-state index in [2.05, 4.69) is 11.8 Å². The number of carbonyl (C=O) groups is 1. The molecule has 0 bridgehead atoms. The average molecular weight is 278 g/mol. The van der Waals surface area contributed by atoms with Crippen LogP contribution in [0.1, 0.15) is 30.6 Å². The summed E-state index contributed by atoms with van der Waals surface area (Å²) in [5, 5.41) is 0. The molecule has 1 aromatic rings. The molecule has 1 unspecified atom stereocenters. The van der Waals surface area contributed by atoms with E-state index in [1.807, 2.05) is 12.1 Å². The number of nitrogens with zero attached hydrogens (tertiary/aromatic N) is 1. The minimum absolute atomic E-state index is 0.217. The van der Waals surface area contributed by atoms with E-state index >= 15 is 0 Å². The summed E-state index contributed by atoms with van der Waals surface area (Å²) in [5.41, 5.74) is 7.96. The van der Waals surface area contributed by atoms with Crippen molar-refractivity contribution < 1.29 is 14.3 Å². The third-order valence-electron chi connectivity index (χ3n) is 3.51. The Balaban J connectivity index is 2.24. The van der Waals surface area contributed by atoms with Crippen LogP contribution in [0, 0.1) is 0 Å². The van der Waals surface area contributed by atoms with Gasteiger partial charge in [-0.05, 0) is 25.5 Å². The lowest BCUT2D eigenvalue weighted by atomic mass is 10.1. The van der Waals surface area contributed by atoms with Crippen molar-refractivity contribution >= 4 is 17.3 Å². The van der Waals surface area contributed by atoms with Gasteiger partial charge in [-0.3, -0.25) is 0 Å². The minimum atomic E-state index is -0.368. The van der Waals surface area contributed by atoms with Crippen molar-refractivity contribution in [2.75, 3.05) is 36.9 Å². The van der Waals surface area contributed by atoms with E-state index in [1.54, 1.807) is 13.0 Å². The summed E-state index contributed by atoms with van der Waals surface area (Å²) in [4.78, 5) is 14.1. The van der Waals surface area contributed by atoms with Crippen LogP contribution in [0.5, 0.6) is 0 Å². The Morgan fingerprint density at radius 2 is 2.30 bits per heavy atom. The molecule has 1 aromatic carbocycles. The lowest BCUT2D eigenvalue weighted by molar-refractivity contribution is 0.0385. The monoisotopic (exact) mass is 278 g/mol. The summed E-state index contributed by atoms with van der Waals surface area (Å²) in [6, 6.07) is 5.49. The standard InChI is InChI=1S/C15H22N2O3/c1-3-11-10-17(8-9-20-11)13-7-5-6-12(14(13)16)15(18)19-4-2/h5-7,11H,3-4,8-10,16H2,1-2H3. The van der Waals surface area contributed by atoms with Crippen LogP contribution in [0.4, 0.5) is 11.4 Å². The van der Waals surface area contributed by atoms with Gasteiger partial charge in [0.2, 0.25) is 0 Å². The van der Waals surface area contributed by atoms with Gasteiger partial charge in [0, 0.05) is 13.1 Å². The Morgan fingerprint density at radius 1 is 1.50 bits per heavy atom. The van der Waals surface area contributed by atoms with Crippen LogP contribution in [-0.2, 0) is 9.47 Å². The van der Waals surface area contributed by atoms with E-state index < -0.39 is 0 Å². The Bertz CT molecular complexity index is 476. The predicted molar refractivity (Wildman–Crippen MR) is 79.1 cm³/mol. The number of benzene rings is 1. The zero-order valence-corrected chi connectivity index (χ0v) is 12.1. The van der Waals surface area contributed by atoms with Crippen LogP contribution in [0.25, 0.3) is 0 Å². The Hall–Kier alpha value is -1.75. The molecule has 0 aromatic heterocycles. The second-order valence-electron chi connectivity index (χ2n) is 4.81. The van der Waals surface area contributed by atoms with Gasteiger partial charge in [0.25, 0.3) is 0 Å². The molecule has 0 radical (unpaired) electrons. The number of morpholine rings is 1. The van der Waals surface area contributed by atoms with Crippen LogP contribution in [-0.4, -0.2) is 38.4 Å². The van der Waals surface area contributed by atoms with E-state index in [1.165, 1.54) is 0 Å². The van der Waals surface area contributed by atoms with Crippen molar-refractivity contribution in [3.63, 3.8) is 0 Å². The highest BCUT2D eigenvalue weighted by molar-refractivity contribution is 5.98. The highest BCUT2D eigenvalue weighted by Crippen LogP contribution is 2.29. The molecule has 110 valence electrons. The van der Waals surface area contributed by atoms with E-state index in [0.717, 1.165) is 25.2 Å². The van der Waals surface area contributed by atoms with Gasteiger partial charge < -0.3 is 20.1 Å². The SMILES string of the molecule is CCOC(=O)c1cccc(N2CCOC(CC)C2)c1N. The first-order valence-electron chi connectivity index (χ1n) is 7.09. The second-order valence-corrected chi connectivity index (χ2v) is 4.81. The van der Waals surface area contributed by atoms with Gasteiger partial charge in [-0.2, -0.15) is 0 Å². The zero-order valence-electron chi connectivity index (χ0n) is 12.1. The fraction of sp³-hybridized carbons (Fsp3) is 0.533. The summed E-state index contributed by atoms with van der Waals surface area (Å²) >= 11 is 0. The topological polar surface area (TPSA) is 64.8 Å². The van der Waals surface area contributed by atoms with Gasteiger partial charge in [-0.1, -0.05) is 13.0 Å². The normalized spacial score (nSPS) is 18.9. The van der Waals surface area contributed by atoms with Gasteiger partial charge in [0.05, 0.1) is 36.3 Å². The molecule has 0 amide bonds. The maximum absolute atomic E-state index is 11.9. The lowest BCUT2D eigenvalue weighted by Crippen LogP contribution is -2.42. The molecule has 1 aliphatic heterocycles. The number of rotatable bonds is 4. The van der Waals surface area contributed by atoms with Crippen LogP contribution < -0.4 is 10.6 Å². The molecule has 2 rings (SSSR count). The number of hydrogen-bond donors (Lipinski definition) is 1. The Morgan fingerprint density at radius 3 is 3.00 bits per heavy atom. The smallest absolute Gasteiger partial charge is 0.340 e. The van der Waals surface area contributed by atoms with Crippen molar-refractivity contribution in [3.05, 3.63) is 23.8 Å². The van der Waals surface area contributed by atoms with Gasteiger partial charge >= 0.3 is 5.97 Å². The number of anilines is 2. The van der Waals surface area contributed by atoms with Crippen LogP contribution in [0.15, 0.2) is 18.2 Å². The lowest BCUT2D eigenvalue weighted by Gasteiger charge is -2.35. The van der Waals surface area contributed by atoms with E-state index in [4.69, 9.17) is 15.2 Å². The molecule has 1 heterocycles. The molecule has 20 heavy (non-hydrogen) atoms. The summed E-state index contributed by atoms with van der Waals surface area (Å²) < 4.78 is 10.7. The van der Waals surface area contributed by atoms with Crippen molar-refractivity contribution in [3.8, 4) is 0 Å². The van der Waals surface area contributed by atoms with Crippen LogP contribution in [0.2, 0.25) is 0 Å². The van der Waals surface area contributed by atoms with Crippen molar-refractivity contribution in [1.82, 2.24) is 0 Å². The predicted octanol–water partition coefficient (Wildman–Crippen LogP) is 2.06. The summed E-state index contributed by atoms with van der Waals surface area (Å²) in [5.74, 6) is -0.368. The summed E-state index contributed by atoms with van der Waals surface area (Å²) in [6.07, 6.45) is 1.18. The number of esters is 1. The van der Waals surface area contributed by atoms with Gasteiger partial charge in [0.15, 0.2) is 0 Å². The Labute approximate surface area is 119 Å². The largest absolute Gasteiger partial charge is 0.462 e. The third-order valence-corrected chi connectivity index (χ3v) is 3.51. The summed E-state index contributed by atoms with van der Waals surface area (Å²) in [6.45, 7) is 6.50. The number of nitrogen functional groups attached to an aromatic ring is 1. The van der Waals surface area contributed by atoms with Gasteiger partial charge in [0.1, 0.15) is 0 Å². The molecule has 5 nitrogen and oxygen atoms in total. The van der Waals surface area contributed by atoms with E-state index in [-0.39, 0.29) is 12.1 Å². The summed E-state index contributed by atoms with van der Waals surface area (Å²) in [7, 11) is 0. The molecule has 5 heteroatoms. The van der Waals surface area contributed by atoms with Gasteiger partial charge in [-0.25, -0.2) is 4.79 Å². The highest BCUT2D eigenvalue weighted by atomic mass is 16.5. The number of nitrogens with two attached hydrogens (primary N) is 1. The van der Waals surface area contributed by atoms with Gasteiger partial charge in [-0.15, -0.1) is 0 Å². The fourth-order valence-corrected chi connectivity index (χ4v) is 2.40. The molecule has 1 aliphatic rings. The molecule has 0 aliphatic carbocycles. The van der Waals surface area contributed by atoms with Crippen LogP contribution >= 0.6 is 0 Å². The Kier molecular flexibility index (Phi) is 4.84. The molecule has 0 spiro atoms. The number of carbonyl (C=O) groups excluding carboxylic acids is 1. The molecular weight excluding hydrogens is 256 g/mol. The molecule has 1 atom stereocenters. The molecule has 1 saturated heterocycles. The molecule has 0 saturated carbocycles. The molecular formula is C15H22N2O3. The zero-order chi connectivity index (χ0) is 14.5. The molecule has 1 fully saturated rings. The number of para-hydroxylation sites is 1. The van der Waals surface area contributed by atoms with E-state index in [9.17, 15) is 4.79 Å². The first-order valence-corrected chi connectivity index (χ1v) is 7.09. The van der Waals surface area contributed by atoms with Crippen molar-refractivity contribution in [2.24, 2.45) is 0 Å². The first-order chi connectivity index (χ1) is 9.67. The second kappa shape index (κ2) is 6.61. The maximum atomic E-state index is 11.9. The highest BCUT2D eigenvalue weighted by Gasteiger charge is 2.22. The number of ether oxygens (including phenoxy) is 2. The van der Waals surface area contributed by atoms with Crippen molar-refractivity contribution in [2.45, 2.75) is 26.4 Å². The maximum Gasteiger partial charge on any atom is 0.340 e. The average Bonchev–Trinajstić information content (AvgIpc) is 2.47. The van der Waals surface area contributed by atoms with Crippen LogP contribution in [0.3, 0.4) is 0 Å². The molecule has 2 N–H and O–H groups in total. The number of hydrogen-bond acceptors (Lipinski definition) is 5. The first kappa shape index (κ1) is 14.7. The quantitative estimate of drug-likeness (QED) is 0.674. The van der Waals surface area contributed by atoms with E-state index in [0.29, 0.717) is 24.5 Å². The third kappa shape index (κ3) is 3.04. The minimum Gasteiger partial charge on any atom is -0.462 e. The van der Waals surface area contributed by atoms with Crippen molar-refractivity contribution in [1.29, 1.82) is 0 Å².